The van der Waals surface area contributed by atoms with Crippen molar-refractivity contribution in [1.82, 2.24) is 14.7 Å². The molecule has 0 aliphatic carbocycles. The molecule has 0 bridgehead atoms. The van der Waals surface area contributed by atoms with E-state index < -0.39 is 0 Å². The fourth-order valence-electron chi connectivity index (χ4n) is 2.45. The molecule has 1 fully saturated rings. The van der Waals surface area contributed by atoms with E-state index in [1.807, 2.05) is 13.8 Å². The van der Waals surface area contributed by atoms with Crippen molar-refractivity contribution in [2.24, 2.45) is 5.92 Å². The molecule has 1 N–H and O–H groups in total. The number of nitrogens with zero attached hydrogens (tertiary/aromatic N) is 3. The molecule has 1 atom stereocenters. The van der Waals surface area contributed by atoms with Gasteiger partial charge >= 0.3 is 0 Å². The van der Waals surface area contributed by atoms with Crippen LogP contribution in [0.5, 0.6) is 0 Å². The highest BCUT2D eigenvalue weighted by atomic mass is 16.5. The fraction of sp³-hybridized carbons (Fsp3) is 0.562. The number of hydrogen-bond acceptors (Lipinski definition) is 4. The normalized spacial score (nSPS) is 16.0. The molecule has 7 nitrogen and oxygen atoms in total. The van der Waals surface area contributed by atoms with Crippen molar-refractivity contribution in [2.45, 2.75) is 26.8 Å². The van der Waals surface area contributed by atoms with E-state index in [2.05, 4.69) is 17.0 Å². The minimum atomic E-state index is -0.147. The maximum atomic E-state index is 12.1. The maximum Gasteiger partial charge on any atom is 0.244 e. The number of morpholine rings is 1. The maximum absolute atomic E-state index is 12.1. The Kier molecular flexibility index (Phi) is 5.92. The standard InChI is InChI=1S/C16H24N4O3/c1-12(2)8-13(3)16(22)18-14-9-17-20(10-14)11-15(21)19-4-6-23-7-5-19/h9-10,13H,1,4-8,11H2,2-3H3,(H,18,22). The number of carbonyl (C=O) groups is 2. The van der Waals surface area contributed by atoms with Crippen LogP contribution in [-0.4, -0.2) is 52.8 Å². The Labute approximate surface area is 136 Å². The second-order valence-corrected chi connectivity index (χ2v) is 5.97. The number of ether oxygens (including phenoxy) is 1. The van der Waals surface area contributed by atoms with Crippen molar-refractivity contribution >= 4 is 17.5 Å². The monoisotopic (exact) mass is 320 g/mol. The van der Waals surface area contributed by atoms with Crippen LogP contribution in [0.3, 0.4) is 0 Å². The number of hydrogen-bond donors (Lipinski definition) is 1. The quantitative estimate of drug-likeness (QED) is 0.801. The van der Waals surface area contributed by atoms with Crippen molar-refractivity contribution < 1.29 is 14.3 Å². The molecule has 1 aromatic rings. The van der Waals surface area contributed by atoms with Crippen molar-refractivity contribution in [1.29, 1.82) is 0 Å². The van der Waals surface area contributed by atoms with Gasteiger partial charge in [-0.15, -0.1) is 6.58 Å². The average molecular weight is 320 g/mol. The SMILES string of the molecule is C=C(C)CC(C)C(=O)Nc1cnn(CC(=O)N2CCOCC2)c1. The third-order valence-electron chi connectivity index (χ3n) is 3.66. The van der Waals surface area contributed by atoms with Crippen LogP contribution in [0.15, 0.2) is 24.5 Å². The summed E-state index contributed by atoms with van der Waals surface area (Å²) in [5.41, 5.74) is 1.57. The van der Waals surface area contributed by atoms with Crippen LogP contribution in [0, 0.1) is 5.92 Å². The number of allylic oxidation sites excluding steroid dienone is 1. The summed E-state index contributed by atoms with van der Waals surface area (Å²) < 4.78 is 6.77. The van der Waals surface area contributed by atoms with Gasteiger partial charge in [0, 0.05) is 25.2 Å². The number of nitrogens with one attached hydrogen (secondary N) is 1. The lowest BCUT2D eigenvalue weighted by Gasteiger charge is -2.26. The van der Waals surface area contributed by atoms with Gasteiger partial charge in [-0.2, -0.15) is 5.10 Å². The smallest absolute Gasteiger partial charge is 0.244 e. The Bertz CT molecular complexity index is 576. The zero-order valence-electron chi connectivity index (χ0n) is 13.7. The summed E-state index contributed by atoms with van der Waals surface area (Å²) in [6, 6.07) is 0. The summed E-state index contributed by atoms with van der Waals surface area (Å²) in [5.74, 6) is -0.220. The number of rotatable bonds is 6. The van der Waals surface area contributed by atoms with Gasteiger partial charge in [0.05, 0.1) is 25.1 Å². The Morgan fingerprint density at radius 2 is 2.13 bits per heavy atom. The second kappa shape index (κ2) is 7.92. The molecule has 1 aromatic heterocycles. The van der Waals surface area contributed by atoms with Crippen LogP contribution in [-0.2, 0) is 20.9 Å². The number of anilines is 1. The van der Waals surface area contributed by atoms with Crippen molar-refractivity contribution in [3.05, 3.63) is 24.5 Å². The number of amides is 2. The Balaban J connectivity index is 1.86. The van der Waals surface area contributed by atoms with E-state index in [1.54, 1.807) is 17.3 Å². The van der Waals surface area contributed by atoms with E-state index in [1.165, 1.54) is 4.68 Å². The third-order valence-corrected chi connectivity index (χ3v) is 3.66. The molecule has 23 heavy (non-hydrogen) atoms. The first-order chi connectivity index (χ1) is 11.0. The van der Waals surface area contributed by atoms with Gasteiger partial charge < -0.3 is 15.0 Å². The first-order valence-electron chi connectivity index (χ1n) is 7.79. The summed E-state index contributed by atoms with van der Waals surface area (Å²) in [4.78, 5) is 26.0. The van der Waals surface area contributed by atoms with Gasteiger partial charge in [0.25, 0.3) is 0 Å². The lowest BCUT2D eigenvalue weighted by atomic mass is 10.0. The molecular weight excluding hydrogens is 296 g/mol. The van der Waals surface area contributed by atoms with Gasteiger partial charge in [-0.25, -0.2) is 0 Å². The molecule has 7 heteroatoms. The Morgan fingerprint density at radius 1 is 1.43 bits per heavy atom. The lowest BCUT2D eigenvalue weighted by Crippen LogP contribution is -2.42. The van der Waals surface area contributed by atoms with Gasteiger partial charge in [-0.1, -0.05) is 12.5 Å². The third kappa shape index (κ3) is 5.21. The van der Waals surface area contributed by atoms with Crippen LogP contribution in [0.2, 0.25) is 0 Å². The summed E-state index contributed by atoms with van der Waals surface area (Å²) in [6.45, 7) is 10.1. The highest BCUT2D eigenvalue weighted by Crippen LogP contribution is 2.13. The molecular formula is C16H24N4O3. The minimum absolute atomic E-state index is 0.00456. The first-order valence-corrected chi connectivity index (χ1v) is 7.79. The van der Waals surface area contributed by atoms with E-state index in [0.29, 0.717) is 38.4 Å². The lowest BCUT2D eigenvalue weighted by molar-refractivity contribution is -0.136. The molecule has 2 heterocycles. The van der Waals surface area contributed by atoms with E-state index in [9.17, 15) is 9.59 Å². The molecule has 1 saturated heterocycles. The van der Waals surface area contributed by atoms with Crippen LogP contribution in [0.25, 0.3) is 0 Å². The van der Waals surface area contributed by atoms with Gasteiger partial charge in [-0.05, 0) is 13.3 Å². The highest BCUT2D eigenvalue weighted by Gasteiger charge is 2.18. The number of aromatic nitrogens is 2. The molecule has 0 spiro atoms. The average Bonchev–Trinajstić information content (AvgIpc) is 2.94. The number of carbonyl (C=O) groups excluding carboxylic acids is 2. The van der Waals surface area contributed by atoms with Crippen LogP contribution >= 0.6 is 0 Å². The first kappa shape index (κ1) is 17.2. The van der Waals surface area contributed by atoms with Gasteiger partial charge in [-0.3, -0.25) is 14.3 Å². The molecule has 0 saturated carbocycles. The van der Waals surface area contributed by atoms with Crippen molar-refractivity contribution in [3.63, 3.8) is 0 Å². The fourth-order valence-corrected chi connectivity index (χ4v) is 2.45. The van der Waals surface area contributed by atoms with Gasteiger partial charge in [0.2, 0.25) is 11.8 Å². The summed E-state index contributed by atoms with van der Waals surface area (Å²) in [6.07, 6.45) is 3.87. The molecule has 2 amide bonds. The van der Waals surface area contributed by atoms with Crippen LogP contribution in [0.1, 0.15) is 20.3 Å². The summed E-state index contributed by atoms with van der Waals surface area (Å²) in [5, 5.41) is 6.94. The van der Waals surface area contributed by atoms with E-state index in [-0.39, 0.29) is 24.3 Å². The van der Waals surface area contributed by atoms with Crippen LogP contribution < -0.4 is 5.32 Å². The largest absolute Gasteiger partial charge is 0.378 e. The summed E-state index contributed by atoms with van der Waals surface area (Å²) in [7, 11) is 0. The zero-order chi connectivity index (χ0) is 16.8. The van der Waals surface area contributed by atoms with E-state index in [0.717, 1.165) is 5.57 Å². The molecule has 2 rings (SSSR count). The van der Waals surface area contributed by atoms with Crippen molar-refractivity contribution in [2.75, 3.05) is 31.6 Å². The Morgan fingerprint density at radius 3 is 2.78 bits per heavy atom. The Hall–Kier alpha value is -2.15. The van der Waals surface area contributed by atoms with Crippen molar-refractivity contribution in [3.8, 4) is 0 Å². The highest BCUT2D eigenvalue weighted by molar-refractivity contribution is 5.92. The van der Waals surface area contributed by atoms with E-state index >= 15 is 0 Å². The van der Waals surface area contributed by atoms with Crippen LogP contribution in [0.4, 0.5) is 5.69 Å². The molecule has 1 aliphatic rings. The van der Waals surface area contributed by atoms with Gasteiger partial charge in [0.15, 0.2) is 0 Å². The predicted octanol–water partition coefficient (Wildman–Crippen LogP) is 1.28. The molecule has 1 unspecified atom stereocenters. The predicted molar refractivity (Wildman–Crippen MR) is 86.9 cm³/mol. The minimum Gasteiger partial charge on any atom is -0.378 e. The van der Waals surface area contributed by atoms with Gasteiger partial charge in [0.1, 0.15) is 6.54 Å². The molecule has 0 aromatic carbocycles. The molecule has 1 aliphatic heterocycles. The molecule has 0 radical (unpaired) electrons. The van der Waals surface area contributed by atoms with E-state index in [4.69, 9.17) is 4.74 Å². The summed E-state index contributed by atoms with van der Waals surface area (Å²) >= 11 is 0. The zero-order valence-corrected chi connectivity index (χ0v) is 13.7. The molecule has 126 valence electrons. The topological polar surface area (TPSA) is 76.5 Å². The second-order valence-electron chi connectivity index (χ2n) is 5.97.